The quantitative estimate of drug-likeness (QED) is 0.221. The average Bonchev–Trinajstić information content (AvgIpc) is 3.69. The summed E-state index contributed by atoms with van der Waals surface area (Å²) < 4.78 is 9.17. The van der Waals surface area contributed by atoms with Gasteiger partial charge in [-0.25, -0.2) is 4.99 Å². The third-order valence-electron chi connectivity index (χ3n) is 10.3. The largest absolute Gasteiger partial charge is 0.454 e. The second kappa shape index (κ2) is 8.86. The fraction of sp³-hybridized carbons (Fsp3) is 0.146. The van der Waals surface area contributed by atoms with Gasteiger partial charge in [0.2, 0.25) is 0 Å². The number of benzene rings is 5. The van der Waals surface area contributed by atoms with E-state index < -0.39 is 0 Å². The minimum Gasteiger partial charge on any atom is -0.454 e. The molecule has 45 heavy (non-hydrogen) atoms. The van der Waals surface area contributed by atoms with Crippen molar-refractivity contribution in [3.8, 4) is 11.1 Å². The van der Waals surface area contributed by atoms with E-state index in [9.17, 15) is 0 Å². The van der Waals surface area contributed by atoms with Crippen molar-refractivity contribution < 1.29 is 4.42 Å². The Morgan fingerprint density at radius 1 is 0.800 bits per heavy atom. The molecule has 7 aromatic rings. The van der Waals surface area contributed by atoms with Crippen LogP contribution in [0, 0.1) is 0 Å². The molecule has 0 saturated carbocycles. The van der Waals surface area contributed by atoms with E-state index in [0.717, 1.165) is 46.7 Å². The van der Waals surface area contributed by atoms with Gasteiger partial charge in [0.15, 0.2) is 11.9 Å². The second-order valence-corrected chi connectivity index (χ2v) is 13.1. The summed E-state index contributed by atoms with van der Waals surface area (Å²) in [7, 11) is 0. The first-order valence-electron chi connectivity index (χ1n) is 15.9. The standard InChI is InChI=1S/C41H31N3O/c1-41(2)31-18-8-5-15-27(31)36-29(17-11-19-32(36)41)39-42-37-28-16-7-10-21-35(28)45-38(37)40(43-39)44-33-20-9-6-14-26(33)30-22-24-12-3-4-13-25(24)23-34(30)44/h3-5,7-13,15-23,40H,6,14H2,1-2H3,(H,42,43). The average molecular weight is 582 g/mol. The lowest BCUT2D eigenvalue weighted by molar-refractivity contribution is 0.432. The van der Waals surface area contributed by atoms with Crippen molar-refractivity contribution in [2.45, 2.75) is 38.3 Å². The van der Waals surface area contributed by atoms with E-state index in [-0.39, 0.29) is 11.6 Å². The van der Waals surface area contributed by atoms with E-state index in [1.54, 1.807) is 0 Å². The zero-order chi connectivity index (χ0) is 29.9. The van der Waals surface area contributed by atoms with Crippen molar-refractivity contribution in [1.29, 1.82) is 0 Å². The van der Waals surface area contributed by atoms with Gasteiger partial charge in [0, 0.05) is 27.4 Å². The van der Waals surface area contributed by atoms with Crippen molar-refractivity contribution >= 4 is 50.2 Å². The summed E-state index contributed by atoms with van der Waals surface area (Å²) in [5.41, 5.74) is 11.9. The Kier molecular flexibility index (Phi) is 4.93. The monoisotopic (exact) mass is 581 g/mol. The van der Waals surface area contributed by atoms with E-state index in [0.29, 0.717) is 0 Å². The molecule has 0 saturated heterocycles. The Morgan fingerprint density at radius 2 is 1.56 bits per heavy atom. The lowest BCUT2D eigenvalue weighted by Gasteiger charge is -2.29. The number of allylic oxidation sites excluding steroid dienone is 1. The van der Waals surface area contributed by atoms with Crippen molar-refractivity contribution in [2.75, 3.05) is 0 Å². The van der Waals surface area contributed by atoms with Crippen LogP contribution in [-0.4, -0.2) is 10.4 Å². The molecule has 1 atom stereocenters. The number of amidine groups is 1. The van der Waals surface area contributed by atoms with Crippen molar-refractivity contribution in [3.63, 3.8) is 0 Å². The molecule has 5 aromatic carbocycles. The van der Waals surface area contributed by atoms with Crippen LogP contribution in [0.5, 0.6) is 0 Å². The SMILES string of the molecule is CC1(C)c2ccccc2-c2c(C3=Nc4c(oc5ccccc45)C(n4c5c(c6cc7ccccc7cc64)CCC=C5)N3)cccc21. The van der Waals surface area contributed by atoms with Crippen LogP contribution in [0.2, 0.25) is 0 Å². The highest BCUT2D eigenvalue weighted by atomic mass is 16.3. The Labute approximate surface area is 261 Å². The maximum Gasteiger partial charge on any atom is 0.174 e. The number of para-hydroxylation sites is 1. The van der Waals surface area contributed by atoms with Gasteiger partial charge in [-0.05, 0) is 81.8 Å². The molecule has 2 aromatic heterocycles. The van der Waals surface area contributed by atoms with Gasteiger partial charge in [-0.15, -0.1) is 0 Å². The highest BCUT2D eigenvalue weighted by Gasteiger charge is 2.39. The second-order valence-electron chi connectivity index (χ2n) is 13.1. The molecule has 1 N–H and O–H groups in total. The Morgan fingerprint density at radius 3 is 2.47 bits per heavy atom. The van der Waals surface area contributed by atoms with Crippen LogP contribution in [0.4, 0.5) is 5.69 Å². The summed E-state index contributed by atoms with van der Waals surface area (Å²) in [5.74, 6) is 1.72. The third-order valence-corrected chi connectivity index (χ3v) is 10.3. The summed E-state index contributed by atoms with van der Waals surface area (Å²) in [6.07, 6.45) is 6.39. The molecule has 10 rings (SSSR count). The number of aromatic nitrogens is 1. The van der Waals surface area contributed by atoms with Gasteiger partial charge in [-0.1, -0.05) is 98.8 Å². The van der Waals surface area contributed by atoms with Gasteiger partial charge in [0.25, 0.3) is 0 Å². The summed E-state index contributed by atoms with van der Waals surface area (Å²) in [5, 5.41) is 8.81. The van der Waals surface area contributed by atoms with Crippen LogP contribution in [0.3, 0.4) is 0 Å². The number of aryl methyl sites for hydroxylation is 1. The number of furan rings is 1. The number of nitrogens with zero attached hydrogens (tertiary/aromatic N) is 2. The van der Waals surface area contributed by atoms with Crippen LogP contribution in [-0.2, 0) is 11.8 Å². The first-order valence-corrected chi connectivity index (χ1v) is 15.9. The molecule has 0 bridgehead atoms. The molecule has 2 aliphatic carbocycles. The summed E-state index contributed by atoms with van der Waals surface area (Å²) in [6, 6.07) is 37.2. The topological polar surface area (TPSA) is 42.5 Å². The van der Waals surface area contributed by atoms with Gasteiger partial charge in [0.1, 0.15) is 17.1 Å². The van der Waals surface area contributed by atoms with Gasteiger partial charge in [-0.3, -0.25) is 0 Å². The lowest BCUT2D eigenvalue weighted by atomic mass is 9.82. The lowest BCUT2D eigenvalue weighted by Crippen LogP contribution is -2.36. The molecule has 0 amide bonds. The number of nitrogens with one attached hydrogen (secondary N) is 1. The number of aliphatic imine (C=N–C) groups is 1. The molecule has 1 aliphatic heterocycles. The van der Waals surface area contributed by atoms with Gasteiger partial charge in [0.05, 0.1) is 5.52 Å². The van der Waals surface area contributed by atoms with Crippen molar-refractivity contribution in [1.82, 2.24) is 9.88 Å². The molecule has 4 nitrogen and oxygen atoms in total. The normalized spacial score (nSPS) is 17.6. The van der Waals surface area contributed by atoms with Crippen molar-refractivity contribution in [3.05, 3.63) is 143 Å². The molecular weight excluding hydrogens is 550 g/mol. The smallest absolute Gasteiger partial charge is 0.174 e. The molecule has 4 heteroatoms. The van der Waals surface area contributed by atoms with Crippen LogP contribution < -0.4 is 5.32 Å². The van der Waals surface area contributed by atoms with E-state index in [2.05, 4.69) is 133 Å². The van der Waals surface area contributed by atoms with Crippen LogP contribution in [0.15, 0.2) is 119 Å². The third kappa shape index (κ3) is 3.34. The Hall–Kier alpha value is -5.35. The van der Waals surface area contributed by atoms with Gasteiger partial charge >= 0.3 is 0 Å². The Bertz CT molecular complexity index is 2450. The molecule has 3 heterocycles. The number of hydrogen-bond acceptors (Lipinski definition) is 3. The number of rotatable bonds is 2. The highest BCUT2D eigenvalue weighted by molar-refractivity contribution is 6.11. The Balaban J connectivity index is 1.26. The zero-order valence-electron chi connectivity index (χ0n) is 25.3. The predicted octanol–water partition coefficient (Wildman–Crippen LogP) is 10.0. The molecule has 216 valence electrons. The summed E-state index contributed by atoms with van der Waals surface area (Å²) in [4.78, 5) is 5.38. The molecule has 0 spiro atoms. The predicted molar refractivity (Wildman–Crippen MR) is 184 cm³/mol. The number of fused-ring (bicyclic) bond motifs is 10. The van der Waals surface area contributed by atoms with Gasteiger partial charge in [-0.2, -0.15) is 0 Å². The maximum atomic E-state index is 6.71. The van der Waals surface area contributed by atoms with Crippen LogP contribution in [0.1, 0.15) is 60.1 Å². The summed E-state index contributed by atoms with van der Waals surface area (Å²) in [6.45, 7) is 4.66. The molecule has 0 fully saturated rings. The molecule has 3 aliphatic rings. The van der Waals surface area contributed by atoms with E-state index >= 15 is 0 Å². The van der Waals surface area contributed by atoms with E-state index in [1.165, 1.54) is 55.2 Å². The van der Waals surface area contributed by atoms with Crippen LogP contribution in [0.25, 0.3) is 49.8 Å². The minimum atomic E-state index is -0.282. The fourth-order valence-corrected chi connectivity index (χ4v) is 8.19. The minimum absolute atomic E-state index is 0.0917. The van der Waals surface area contributed by atoms with Crippen LogP contribution >= 0.6 is 0 Å². The van der Waals surface area contributed by atoms with Crippen molar-refractivity contribution in [2.24, 2.45) is 4.99 Å². The summed E-state index contributed by atoms with van der Waals surface area (Å²) >= 11 is 0. The fourth-order valence-electron chi connectivity index (χ4n) is 8.19. The van der Waals surface area contributed by atoms with E-state index in [4.69, 9.17) is 9.41 Å². The first-order chi connectivity index (χ1) is 22.1. The van der Waals surface area contributed by atoms with Gasteiger partial charge < -0.3 is 14.3 Å². The van der Waals surface area contributed by atoms with E-state index in [1.807, 2.05) is 6.07 Å². The first kappa shape index (κ1) is 25.0. The number of hydrogen-bond donors (Lipinski definition) is 1. The highest BCUT2D eigenvalue weighted by Crippen LogP contribution is 2.51. The maximum absolute atomic E-state index is 6.71. The zero-order valence-corrected chi connectivity index (χ0v) is 25.3. The molecule has 0 radical (unpaired) electrons. The molecule has 1 unspecified atom stereocenters. The molecular formula is C41H31N3O.